The predicted molar refractivity (Wildman–Crippen MR) is 95.5 cm³/mol. The third-order valence-electron chi connectivity index (χ3n) is 4.23. The van der Waals surface area contributed by atoms with E-state index >= 15 is 0 Å². The summed E-state index contributed by atoms with van der Waals surface area (Å²) in [4.78, 5) is 12.8. The van der Waals surface area contributed by atoms with Crippen molar-refractivity contribution in [2.75, 3.05) is 26.2 Å². The molecule has 1 unspecified atom stereocenters. The van der Waals surface area contributed by atoms with Gasteiger partial charge in [0.05, 0.1) is 18.8 Å². The first-order valence-corrected chi connectivity index (χ1v) is 8.13. The van der Waals surface area contributed by atoms with E-state index in [4.69, 9.17) is 0 Å². The lowest BCUT2D eigenvalue weighted by molar-refractivity contribution is 0.232. The molecular formula is C18H22FN5. The summed E-state index contributed by atoms with van der Waals surface area (Å²) in [6.07, 6.45) is 5.77. The van der Waals surface area contributed by atoms with Crippen LogP contribution in [0.4, 0.5) is 4.39 Å². The molecule has 126 valence electrons. The minimum absolute atomic E-state index is 0.149. The van der Waals surface area contributed by atoms with Crippen LogP contribution in [-0.4, -0.2) is 54.7 Å². The van der Waals surface area contributed by atoms with Crippen LogP contribution in [0.3, 0.4) is 0 Å². The topological polar surface area (TPSA) is 43.2 Å². The number of aliphatic imine (C=N–C) groups is 2. The van der Waals surface area contributed by atoms with E-state index < -0.39 is 0 Å². The van der Waals surface area contributed by atoms with E-state index in [-0.39, 0.29) is 12.0 Å². The molecule has 1 N–H and O–H groups in total. The summed E-state index contributed by atoms with van der Waals surface area (Å²) in [5.41, 5.74) is 1.91. The molecule has 0 saturated carbocycles. The summed E-state index contributed by atoms with van der Waals surface area (Å²) in [5, 5.41) is 3.41. The molecule has 0 aliphatic carbocycles. The van der Waals surface area contributed by atoms with E-state index in [0.29, 0.717) is 0 Å². The highest BCUT2D eigenvalue weighted by Crippen LogP contribution is 2.19. The first-order chi connectivity index (χ1) is 11.7. The summed E-state index contributed by atoms with van der Waals surface area (Å²) in [6.45, 7) is 8.83. The third kappa shape index (κ3) is 3.32. The van der Waals surface area contributed by atoms with Crippen LogP contribution < -0.4 is 5.32 Å². The Hall–Kier alpha value is -2.63. The molecule has 1 atom stereocenters. The SMILES string of the molecule is C=N/C=C\C1=CNC(CN2CCN=C2c2cccc(F)c2)N1CC. The number of rotatable bonds is 6. The Morgan fingerprint density at radius 2 is 2.38 bits per heavy atom. The van der Waals surface area contributed by atoms with Crippen LogP contribution in [0.5, 0.6) is 0 Å². The maximum atomic E-state index is 13.5. The van der Waals surface area contributed by atoms with E-state index in [2.05, 4.69) is 38.7 Å². The van der Waals surface area contributed by atoms with Gasteiger partial charge in [-0.15, -0.1) is 0 Å². The normalized spacial score (nSPS) is 20.3. The first-order valence-electron chi connectivity index (χ1n) is 8.13. The zero-order valence-corrected chi connectivity index (χ0v) is 13.8. The highest BCUT2D eigenvalue weighted by Gasteiger charge is 2.28. The molecule has 2 aliphatic rings. The number of nitrogens with one attached hydrogen (secondary N) is 1. The van der Waals surface area contributed by atoms with Gasteiger partial charge >= 0.3 is 0 Å². The van der Waals surface area contributed by atoms with Crippen LogP contribution in [0.25, 0.3) is 0 Å². The standard InChI is InChI=1S/C18H22FN5/c1-3-24-16(7-8-20-2)12-22-17(24)13-23-10-9-21-18(23)14-5-4-6-15(19)11-14/h4-8,11-12,17,22H,2-3,9-10,13H2,1H3/b8-7-. The number of nitrogens with zero attached hydrogens (tertiary/aromatic N) is 4. The minimum Gasteiger partial charge on any atom is -0.368 e. The fourth-order valence-electron chi connectivity index (χ4n) is 3.13. The van der Waals surface area contributed by atoms with Crippen molar-refractivity contribution >= 4 is 12.6 Å². The molecule has 5 nitrogen and oxygen atoms in total. The van der Waals surface area contributed by atoms with Gasteiger partial charge in [-0.2, -0.15) is 0 Å². The van der Waals surface area contributed by atoms with Crippen molar-refractivity contribution in [2.24, 2.45) is 9.98 Å². The Morgan fingerprint density at radius 3 is 3.12 bits per heavy atom. The number of halogens is 1. The van der Waals surface area contributed by atoms with Gasteiger partial charge in [-0.25, -0.2) is 4.39 Å². The minimum atomic E-state index is -0.234. The molecule has 0 fully saturated rings. The van der Waals surface area contributed by atoms with Crippen molar-refractivity contribution in [2.45, 2.75) is 13.1 Å². The fraction of sp³-hybridized carbons (Fsp3) is 0.333. The molecule has 1 aromatic rings. The molecule has 0 bridgehead atoms. The molecule has 0 amide bonds. The van der Waals surface area contributed by atoms with E-state index in [9.17, 15) is 4.39 Å². The fourth-order valence-corrected chi connectivity index (χ4v) is 3.13. The molecule has 3 rings (SSSR count). The molecule has 24 heavy (non-hydrogen) atoms. The van der Waals surface area contributed by atoms with Crippen molar-refractivity contribution in [3.8, 4) is 0 Å². The Morgan fingerprint density at radius 1 is 1.50 bits per heavy atom. The zero-order valence-electron chi connectivity index (χ0n) is 13.8. The van der Waals surface area contributed by atoms with Gasteiger partial charge in [0.2, 0.25) is 0 Å². The Bertz CT molecular complexity index is 694. The average molecular weight is 327 g/mol. The van der Waals surface area contributed by atoms with Gasteiger partial charge in [0.1, 0.15) is 17.8 Å². The zero-order chi connectivity index (χ0) is 16.9. The van der Waals surface area contributed by atoms with Crippen molar-refractivity contribution in [3.05, 3.63) is 59.8 Å². The summed E-state index contributed by atoms with van der Waals surface area (Å²) in [7, 11) is 0. The number of hydrogen-bond donors (Lipinski definition) is 1. The monoisotopic (exact) mass is 327 g/mol. The van der Waals surface area contributed by atoms with Gasteiger partial charge in [-0.1, -0.05) is 12.1 Å². The van der Waals surface area contributed by atoms with Crippen LogP contribution in [0, 0.1) is 5.82 Å². The molecule has 1 aromatic carbocycles. The van der Waals surface area contributed by atoms with Crippen molar-refractivity contribution in [3.63, 3.8) is 0 Å². The third-order valence-corrected chi connectivity index (χ3v) is 4.23. The second-order valence-corrected chi connectivity index (χ2v) is 5.70. The molecule has 0 saturated heterocycles. The van der Waals surface area contributed by atoms with Crippen LogP contribution in [0.2, 0.25) is 0 Å². The van der Waals surface area contributed by atoms with E-state index in [0.717, 1.165) is 43.3 Å². The maximum Gasteiger partial charge on any atom is 0.131 e. The van der Waals surface area contributed by atoms with E-state index in [1.165, 1.54) is 6.07 Å². The van der Waals surface area contributed by atoms with Crippen LogP contribution in [0.1, 0.15) is 12.5 Å². The maximum absolute atomic E-state index is 13.5. The quantitative estimate of drug-likeness (QED) is 0.815. The number of likely N-dealkylation sites (N-methyl/N-ethyl adjacent to an activating group) is 1. The van der Waals surface area contributed by atoms with Gasteiger partial charge in [0.25, 0.3) is 0 Å². The number of benzene rings is 1. The van der Waals surface area contributed by atoms with Crippen molar-refractivity contribution in [1.29, 1.82) is 0 Å². The van der Waals surface area contributed by atoms with Gasteiger partial charge in [0, 0.05) is 31.1 Å². The number of amidine groups is 1. The second kappa shape index (κ2) is 7.29. The van der Waals surface area contributed by atoms with Gasteiger partial charge in [0.15, 0.2) is 0 Å². The van der Waals surface area contributed by atoms with Crippen molar-refractivity contribution < 1.29 is 4.39 Å². The second-order valence-electron chi connectivity index (χ2n) is 5.70. The Kier molecular flexibility index (Phi) is 4.93. The smallest absolute Gasteiger partial charge is 0.131 e. The Labute approximate surface area is 141 Å². The van der Waals surface area contributed by atoms with Crippen LogP contribution >= 0.6 is 0 Å². The molecule has 0 spiro atoms. The Balaban J connectivity index is 1.71. The summed E-state index contributed by atoms with van der Waals surface area (Å²) in [5.74, 6) is 0.631. The predicted octanol–water partition coefficient (Wildman–Crippen LogP) is 2.19. The lowest BCUT2D eigenvalue weighted by Gasteiger charge is -2.31. The number of hydrogen-bond acceptors (Lipinski definition) is 5. The first kappa shape index (κ1) is 16.2. The largest absolute Gasteiger partial charge is 0.368 e. The summed E-state index contributed by atoms with van der Waals surface area (Å²) >= 11 is 0. The lowest BCUT2D eigenvalue weighted by Crippen LogP contribution is -2.47. The molecule has 0 radical (unpaired) electrons. The van der Waals surface area contributed by atoms with E-state index in [1.807, 2.05) is 18.3 Å². The van der Waals surface area contributed by atoms with Crippen molar-refractivity contribution in [1.82, 2.24) is 15.1 Å². The van der Waals surface area contributed by atoms with Crippen LogP contribution in [-0.2, 0) is 0 Å². The highest BCUT2D eigenvalue weighted by molar-refractivity contribution is 5.99. The average Bonchev–Trinajstić information content (AvgIpc) is 3.20. The molecule has 2 heterocycles. The summed E-state index contributed by atoms with van der Waals surface area (Å²) in [6, 6.07) is 6.63. The van der Waals surface area contributed by atoms with E-state index in [1.54, 1.807) is 18.3 Å². The lowest BCUT2D eigenvalue weighted by atomic mass is 10.2. The summed E-state index contributed by atoms with van der Waals surface area (Å²) < 4.78 is 13.5. The molecule has 0 aromatic heterocycles. The van der Waals surface area contributed by atoms with Gasteiger partial charge in [-0.05, 0) is 31.9 Å². The van der Waals surface area contributed by atoms with Crippen LogP contribution in [0.15, 0.2) is 58.4 Å². The molecule has 6 heteroatoms. The van der Waals surface area contributed by atoms with Gasteiger partial charge < -0.3 is 15.1 Å². The molecular weight excluding hydrogens is 305 g/mol. The van der Waals surface area contributed by atoms with Gasteiger partial charge in [-0.3, -0.25) is 9.98 Å². The highest BCUT2D eigenvalue weighted by atomic mass is 19.1. The molecule has 2 aliphatic heterocycles. The number of allylic oxidation sites excluding steroid dienone is 1.